The number of hydrogen-bond acceptors (Lipinski definition) is 4. The average molecular weight is 309 g/mol. The molecule has 0 fully saturated rings. The quantitative estimate of drug-likeness (QED) is 0.632. The Balaban J connectivity index is 1.76. The Morgan fingerprint density at radius 1 is 1.22 bits per heavy atom. The van der Waals surface area contributed by atoms with E-state index in [1.807, 2.05) is 25.2 Å². The summed E-state index contributed by atoms with van der Waals surface area (Å²) in [6.07, 6.45) is 1.01. The van der Waals surface area contributed by atoms with Gasteiger partial charge in [-0.25, -0.2) is 0 Å². The molecule has 2 aliphatic rings. The SMILES string of the molecule is CN1CCc2ccc(N3Cc4c(cccc4[N+](=O)[O-])C3=O)cc21. The van der Waals surface area contributed by atoms with E-state index >= 15 is 0 Å². The van der Waals surface area contributed by atoms with Crippen LogP contribution in [0.4, 0.5) is 17.1 Å². The average Bonchev–Trinajstić information content (AvgIpc) is 3.08. The maximum Gasteiger partial charge on any atom is 0.275 e. The summed E-state index contributed by atoms with van der Waals surface area (Å²) in [4.78, 5) is 27.2. The second-order valence-corrected chi connectivity index (χ2v) is 5.94. The number of likely N-dealkylation sites (N-methyl/N-ethyl adjacent to an activating group) is 1. The molecular formula is C17H15N3O3. The summed E-state index contributed by atoms with van der Waals surface area (Å²) >= 11 is 0. The lowest BCUT2D eigenvalue weighted by molar-refractivity contribution is -0.385. The number of nitro benzene ring substituents is 1. The highest BCUT2D eigenvalue weighted by Crippen LogP contribution is 2.37. The van der Waals surface area contributed by atoms with Crippen molar-refractivity contribution in [2.45, 2.75) is 13.0 Å². The number of nitro groups is 1. The highest BCUT2D eigenvalue weighted by Gasteiger charge is 2.34. The minimum atomic E-state index is -0.425. The highest BCUT2D eigenvalue weighted by molar-refractivity contribution is 6.11. The largest absolute Gasteiger partial charge is 0.374 e. The van der Waals surface area contributed by atoms with Crippen LogP contribution < -0.4 is 9.80 Å². The van der Waals surface area contributed by atoms with Gasteiger partial charge in [-0.15, -0.1) is 0 Å². The summed E-state index contributed by atoms with van der Waals surface area (Å²) in [6, 6.07) is 10.6. The molecule has 6 nitrogen and oxygen atoms in total. The van der Waals surface area contributed by atoms with Gasteiger partial charge in [0.1, 0.15) is 0 Å². The first kappa shape index (κ1) is 13.8. The Hall–Kier alpha value is -2.89. The van der Waals surface area contributed by atoms with Crippen LogP contribution in [0, 0.1) is 10.1 Å². The van der Waals surface area contributed by atoms with Gasteiger partial charge in [0.05, 0.1) is 22.6 Å². The molecule has 0 N–H and O–H groups in total. The molecule has 0 saturated carbocycles. The summed E-state index contributed by atoms with van der Waals surface area (Å²) in [6.45, 7) is 1.21. The van der Waals surface area contributed by atoms with Gasteiger partial charge in [0.2, 0.25) is 0 Å². The van der Waals surface area contributed by atoms with E-state index in [4.69, 9.17) is 0 Å². The molecule has 0 aromatic heterocycles. The number of amides is 1. The van der Waals surface area contributed by atoms with Crippen LogP contribution in [0.1, 0.15) is 21.5 Å². The molecule has 4 rings (SSSR count). The first-order chi connectivity index (χ1) is 11.1. The summed E-state index contributed by atoms with van der Waals surface area (Å²) in [5.74, 6) is -0.177. The van der Waals surface area contributed by atoms with Crippen molar-refractivity contribution in [1.29, 1.82) is 0 Å². The molecule has 2 heterocycles. The van der Waals surface area contributed by atoms with E-state index < -0.39 is 4.92 Å². The molecule has 0 unspecified atom stereocenters. The van der Waals surface area contributed by atoms with E-state index in [1.165, 1.54) is 11.6 Å². The number of carbonyl (C=O) groups is 1. The molecule has 0 radical (unpaired) electrons. The van der Waals surface area contributed by atoms with Crippen LogP contribution in [0.3, 0.4) is 0 Å². The van der Waals surface area contributed by atoms with Gasteiger partial charge in [-0.3, -0.25) is 14.9 Å². The van der Waals surface area contributed by atoms with Crippen molar-refractivity contribution < 1.29 is 9.72 Å². The van der Waals surface area contributed by atoms with E-state index in [1.54, 1.807) is 17.0 Å². The van der Waals surface area contributed by atoms with Crippen molar-refractivity contribution in [2.24, 2.45) is 0 Å². The van der Waals surface area contributed by atoms with Crippen LogP contribution in [0.15, 0.2) is 36.4 Å². The Kier molecular flexibility index (Phi) is 2.87. The lowest BCUT2D eigenvalue weighted by Crippen LogP contribution is -2.23. The van der Waals surface area contributed by atoms with E-state index in [-0.39, 0.29) is 18.1 Å². The Morgan fingerprint density at radius 2 is 2.04 bits per heavy atom. The van der Waals surface area contributed by atoms with Crippen LogP contribution in [-0.2, 0) is 13.0 Å². The first-order valence-corrected chi connectivity index (χ1v) is 7.48. The molecule has 23 heavy (non-hydrogen) atoms. The summed E-state index contributed by atoms with van der Waals surface area (Å²) < 4.78 is 0. The standard InChI is InChI=1S/C17H15N3O3/c1-18-8-7-11-5-6-12(9-16(11)18)19-10-14-13(17(19)21)3-2-4-15(14)20(22)23/h2-6,9H,7-8,10H2,1H3. The van der Waals surface area contributed by atoms with Crippen LogP contribution >= 0.6 is 0 Å². The zero-order chi connectivity index (χ0) is 16.1. The third-order valence-electron chi connectivity index (χ3n) is 4.65. The van der Waals surface area contributed by atoms with Gasteiger partial charge in [-0.1, -0.05) is 12.1 Å². The number of benzene rings is 2. The fraction of sp³-hybridized carbons (Fsp3) is 0.235. The summed E-state index contributed by atoms with van der Waals surface area (Å²) in [5.41, 5.74) is 4.11. The van der Waals surface area contributed by atoms with Gasteiger partial charge >= 0.3 is 0 Å². The predicted octanol–water partition coefficient (Wildman–Crippen LogP) is 2.75. The first-order valence-electron chi connectivity index (χ1n) is 7.48. The van der Waals surface area contributed by atoms with Crippen molar-refractivity contribution in [3.8, 4) is 0 Å². The lowest BCUT2D eigenvalue weighted by Gasteiger charge is -2.19. The molecule has 2 aromatic carbocycles. The van der Waals surface area contributed by atoms with Crippen molar-refractivity contribution in [2.75, 3.05) is 23.4 Å². The molecule has 116 valence electrons. The van der Waals surface area contributed by atoms with Gasteiger partial charge < -0.3 is 9.80 Å². The smallest absolute Gasteiger partial charge is 0.275 e. The molecule has 2 aromatic rings. The van der Waals surface area contributed by atoms with Crippen LogP contribution in [0.25, 0.3) is 0 Å². The van der Waals surface area contributed by atoms with E-state index in [0.717, 1.165) is 24.3 Å². The summed E-state index contributed by atoms with van der Waals surface area (Å²) in [5, 5.41) is 11.2. The van der Waals surface area contributed by atoms with E-state index in [9.17, 15) is 14.9 Å². The second-order valence-electron chi connectivity index (χ2n) is 5.94. The zero-order valence-electron chi connectivity index (χ0n) is 12.7. The van der Waals surface area contributed by atoms with Gasteiger partial charge in [-0.2, -0.15) is 0 Å². The van der Waals surface area contributed by atoms with Gasteiger partial charge in [0.15, 0.2) is 0 Å². The van der Waals surface area contributed by atoms with E-state index in [2.05, 4.69) is 4.90 Å². The molecule has 1 amide bonds. The van der Waals surface area contributed by atoms with Crippen LogP contribution in [0.5, 0.6) is 0 Å². The Morgan fingerprint density at radius 3 is 2.83 bits per heavy atom. The minimum absolute atomic E-state index is 0.0108. The zero-order valence-corrected chi connectivity index (χ0v) is 12.7. The van der Waals surface area contributed by atoms with Crippen LogP contribution in [0.2, 0.25) is 0 Å². The summed E-state index contributed by atoms with van der Waals surface area (Å²) in [7, 11) is 2.03. The molecule has 0 saturated heterocycles. The molecule has 0 spiro atoms. The molecule has 0 aliphatic carbocycles. The molecule has 0 atom stereocenters. The molecular weight excluding hydrogens is 294 g/mol. The van der Waals surface area contributed by atoms with Gasteiger partial charge in [-0.05, 0) is 30.2 Å². The van der Waals surface area contributed by atoms with Crippen LogP contribution in [-0.4, -0.2) is 24.4 Å². The topological polar surface area (TPSA) is 66.7 Å². The Labute approximate surface area is 133 Å². The monoisotopic (exact) mass is 309 g/mol. The lowest BCUT2D eigenvalue weighted by atomic mass is 10.1. The van der Waals surface area contributed by atoms with Gasteiger partial charge in [0, 0.05) is 31.0 Å². The second kappa shape index (κ2) is 4.81. The number of rotatable bonds is 2. The van der Waals surface area contributed by atoms with E-state index in [0.29, 0.717) is 11.1 Å². The van der Waals surface area contributed by atoms with Crippen molar-refractivity contribution in [3.05, 3.63) is 63.2 Å². The van der Waals surface area contributed by atoms with Gasteiger partial charge in [0.25, 0.3) is 11.6 Å². The normalized spacial score (nSPS) is 15.8. The fourth-order valence-electron chi connectivity index (χ4n) is 3.39. The molecule has 6 heteroatoms. The maximum absolute atomic E-state index is 12.6. The molecule has 0 bridgehead atoms. The minimum Gasteiger partial charge on any atom is -0.374 e. The number of fused-ring (bicyclic) bond motifs is 2. The third kappa shape index (κ3) is 1.98. The number of anilines is 2. The third-order valence-corrected chi connectivity index (χ3v) is 4.65. The predicted molar refractivity (Wildman–Crippen MR) is 87.0 cm³/mol. The maximum atomic E-state index is 12.6. The van der Waals surface area contributed by atoms with Crippen molar-refractivity contribution in [1.82, 2.24) is 0 Å². The highest BCUT2D eigenvalue weighted by atomic mass is 16.6. The number of hydrogen-bond donors (Lipinski definition) is 0. The Bertz CT molecular complexity index is 847. The van der Waals surface area contributed by atoms with Crippen molar-refractivity contribution >= 4 is 23.0 Å². The molecule has 2 aliphatic heterocycles. The fourth-order valence-corrected chi connectivity index (χ4v) is 3.39. The number of carbonyl (C=O) groups excluding carboxylic acids is 1. The van der Waals surface area contributed by atoms with Crippen molar-refractivity contribution in [3.63, 3.8) is 0 Å². The number of nitrogens with zero attached hydrogens (tertiary/aromatic N) is 3.